The van der Waals surface area contributed by atoms with Crippen molar-refractivity contribution in [2.24, 2.45) is 0 Å². The van der Waals surface area contributed by atoms with Crippen LogP contribution in [0.15, 0.2) is 48.5 Å². The number of carbonyl (C=O) groups is 1. The van der Waals surface area contributed by atoms with Crippen LogP contribution in [0.1, 0.15) is 12.5 Å². The maximum absolute atomic E-state index is 12.6. The van der Waals surface area contributed by atoms with Gasteiger partial charge >= 0.3 is 11.5 Å². The van der Waals surface area contributed by atoms with E-state index in [-0.39, 0.29) is 18.7 Å². The summed E-state index contributed by atoms with van der Waals surface area (Å²) in [6, 6.07) is 13.0. The van der Waals surface area contributed by atoms with E-state index in [1.54, 1.807) is 50.4 Å². The fourth-order valence-corrected chi connectivity index (χ4v) is 2.59. The molecule has 2 aromatic rings. The Hall–Kier alpha value is -3.29. The van der Waals surface area contributed by atoms with Crippen LogP contribution in [-0.2, 0) is 15.1 Å². The van der Waals surface area contributed by atoms with Crippen LogP contribution in [0.3, 0.4) is 0 Å². The molecule has 0 aliphatic carbocycles. The van der Waals surface area contributed by atoms with Gasteiger partial charge in [-0.1, -0.05) is 0 Å². The third-order valence-corrected chi connectivity index (χ3v) is 4.13. The Bertz CT molecular complexity index is 776. The van der Waals surface area contributed by atoms with Crippen LogP contribution < -0.4 is 14.8 Å². The van der Waals surface area contributed by atoms with E-state index in [0.717, 1.165) is 0 Å². The Kier molecular flexibility index (Phi) is 6.59. The predicted octanol–water partition coefficient (Wildman–Crippen LogP) is 2.85. The number of ether oxygens (including phenoxy) is 3. The number of nitrogens with one attached hydrogen (secondary N) is 1. The van der Waals surface area contributed by atoms with Gasteiger partial charge in [-0.2, -0.15) is 0 Å². The van der Waals surface area contributed by atoms with E-state index in [9.17, 15) is 14.9 Å². The number of carbonyl (C=O) groups excluding carboxylic acids is 1. The van der Waals surface area contributed by atoms with Crippen LogP contribution >= 0.6 is 0 Å². The van der Waals surface area contributed by atoms with Gasteiger partial charge in [-0.25, -0.2) is 4.79 Å². The average Bonchev–Trinajstić information content (AvgIpc) is 2.69. The lowest BCUT2D eigenvalue weighted by Gasteiger charge is -2.24. The van der Waals surface area contributed by atoms with Gasteiger partial charge < -0.3 is 19.5 Å². The quantitative estimate of drug-likeness (QED) is 0.409. The molecule has 0 radical (unpaired) electrons. The lowest BCUT2D eigenvalue weighted by atomic mass is 9.90. The monoisotopic (exact) mass is 374 g/mol. The second-order valence-corrected chi connectivity index (χ2v) is 5.65. The minimum atomic E-state index is -2.10. The minimum absolute atomic E-state index is 0.0348. The van der Waals surface area contributed by atoms with E-state index in [1.165, 1.54) is 19.2 Å². The van der Waals surface area contributed by atoms with Crippen molar-refractivity contribution >= 4 is 11.7 Å². The molecule has 0 aromatic heterocycles. The Balaban J connectivity index is 2.39. The molecular formula is C19H22N2O6. The fourth-order valence-electron chi connectivity index (χ4n) is 2.59. The van der Waals surface area contributed by atoms with E-state index < -0.39 is 16.4 Å². The number of nitro groups is 1. The standard InChI is InChI=1S/C19H22N2O6/c1-4-27-18(22)19(21(23)24,14-5-9-16(25-2)10-6-14)13-20-15-7-11-17(26-3)12-8-15/h5-12,20H,4,13H2,1-3H3. The number of methoxy groups -OCH3 is 2. The molecule has 0 fully saturated rings. The molecule has 0 aliphatic heterocycles. The summed E-state index contributed by atoms with van der Waals surface area (Å²) in [4.78, 5) is 24.0. The van der Waals surface area contributed by atoms with Gasteiger partial charge in [-0.05, 0) is 55.5 Å². The molecule has 0 saturated heterocycles. The Morgan fingerprint density at radius 1 is 1.04 bits per heavy atom. The summed E-state index contributed by atoms with van der Waals surface area (Å²) in [6.45, 7) is 1.36. The summed E-state index contributed by atoms with van der Waals surface area (Å²) < 4.78 is 15.2. The molecule has 0 amide bonds. The average molecular weight is 374 g/mol. The third-order valence-electron chi connectivity index (χ3n) is 4.13. The Morgan fingerprint density at radius 2 is 1.56 bits per heavy atom. The van der Waals surface area contributed by atoms with Crippen molar-refractivity contribution in [2.75, 3.05) is 32.7 Å². The normalized spacial score (nSPS) is 12.6. The molecule has 0 spiro atoms. The lowest BCUT2D eigenvalue weighted by molar-refractivity contribution is -0.560. The molecule has 1 unspecified atom stereocenters. The number of nitrogens with zero attached hydrogens (tertiary/aromatic N) is 1. The molecule has 0 heterocycles. The second kappa shape index (κ2) is 8.88. The van der Waals surface area contributed by atoms with Gasteiger partial charge in [-0.15, -0.1) is 0 Å². The highest BCUT2D eigenvalue weighted by Crippen LogP contribution is 2.30. The maximum Gasteiger partial charge on any atom is 0.391 e. The van der Waals surface area contributed by atoms with Gasteiger partial charge in [0.1, 0.15) is 18.0 Å². The van der Waals surface area contributed by atoms with E-state index in [1.807, 2.05) is 0 Å². The molecule has 0 bridgehead atoms. The number of rotatable bonds is 9. The largest absolute Gasteiger partial charge is 0.497 e. The Morgan fingerprint density at radius 3 is 2.00 bits per heavy atom. The minimum Gasteiger partial charge on any atom is -0.497 e. The van der Waals surface area contributed by atoms with E-state index >= 15 is 0 Å². The number of hydrogen-bond donors (Lipinski definition) is 1. The molecule has 2 rings (SSSR count). The van der Waals surface area contributed by atoms with Crippen LogP contribution in [0.5, 0.6) is 11.5 Å². The van der Waals surface area contributed by atoms with Crippen molar-refractivity contribution < 1.29 is 23.9 Å². The summed E-state index contributed by atoms with van der Waals surface area (Å²) in [7, 11) is 3.04. The fraction of sp³-hybridized carbons (Fsp3) is 0.316. The van der Waals surface area contributed by atoms with Gasteiger partial charge in [-0.3, -0.25) is 10.1 Å². The molecule has 8 nitrogen and oxygen atoms in total. The molecular weight excluding hydrogens is 352 g/mol. The van der Waals surface area contributed by atoms with Crippen LogP contribution in [-0.4, -0.2) is 38.3 Å². The summed E-state index contributed by atoms with van der Waals surface area (Å²) in [5.41, 5.74) is -1.28. The first-order valence-electron chi connectivity index (χ1n) is 8.32. The highest BCUT2D eigenvalue weighted by atomic mass is 16.6. The molecule has 0 saturated carbocycles. The first kappa shape index (κ1) is 20.0. The van der Waals surface area contributed by atoms with Crippen molar-refractivity contribution in [2.45, 2.75) is 12.5 Å². The number of benzene rings is 2. The Labute approximate surface area is 157 Å². The van der Waals surface area contributed by atoms with Crippen molar-refractivity contribution in [1.82, 2.24) is 0 Å². The molecule has 27 heavy (non-hydrogen) atoms. The van der Waals surface area contributed by atoms with Crippen molar-refractivity contribution in [3.8, 4) is 11.5 Å². The SMILES string of the molecule is CCOC(=O)C(CNc1ccc(OC)cc1)(c1ccc(OC)cc1)[N+](=O)[O-]. The van der Waals surface area contributed by atoms with Crippen LogP contribution in [0, 0.1) is 10.1 Å². The number of esters is 1. The zero-order valence-electron chi connectivity index (χ0n) is 15.4. The topological polar surface area (TPSA) is 99.9 Å². The molecule has 1 N–H and O–H groups in total. The number of anilines is 1. The number of hydrogen-bond acceptors (Lipinski definition) is 7. The van der Waals surface area contributed by atoms with Gasteiger partial charge in [0, 0.05) is 16.2 Å². The highest BCUT2D eigenvalue weighted by molar-refractivity contribution is 5.82. The molecule has 1 atom stereocenters. The summed E-state index contributed by atoms with van der Waals surface area (Å²) in [5, 5.41) is 15.0. The van der Waals surface area contributed by atoms with E-state index in [4.69, 9.17) is 14.2 Å². The zero-order chi connectivity index (χ0) is 19.9. The van der Waals surface area contributed by atoms with Crippen molar-refractivity contribution in [3.63, 3.8) is 0 Å². The van der Waals surface area contributed by atoms with Gasteiger partial charge in [0.25, 0.3) is 0 Å². The first-order chi connectivity index (χ1) is 13.0. The van der Waals surface area contributed by atoms with Gasteiger partial charge in [0.15, 0.2) is 0 Å². The second-order valence-electron chi connectivity index (χ2n) is 5.65. The van der Waals surface area contributed by atoms with Crippen molar-refractivity contribution in [1.29, 1.82) is 0 Å². The maximum atomic E-state index is 12.6. The summed E-state index contributed by atoms with van der Waals surface area (Å²) in [6.07, 6.45) is 0. The van der Waals surface area contributed by atoms with Gasteiger partial charge in [0.05, 0.1) is 20.8 Å². The van der Waals surface area contributed by atoms with Crippen LogP contribution in [0.2, 0.25) is 0 Å². The molecule has 8 heteroatoms. The smallest absolute Gasteiger partial charge is 0.391 e. The van der Waals surface area contributed by atoms with E-state index in [0.29, 0.717) is 17.2 Å². The zero-order valence-corrected chi connectivity index (χ0v) is 15.4. The van der Waals surface area contributed by atoms with Crippen LogP contribution in [0.25, 0.3) is 0 Å². The predicted molar refractivity (Wildman–Crippen MR) is 99.8 cm³/mol. The van der Waals surface area contributed by atoms with E-state index in [2.05, 4.69) is 5.32 Å². The molecule has 2 aromatic carbocycles. The lowest BCUT2D eigenvalue weighted by Crippen LogP contribution is -2.50. The molecule has 0 aliphatic rings. The summed E-state index contributed by atoms with van der Waals surface area (Å²) >= 11 is 0. The highest BCUT2D eigenvalue weighted by Gasteiger charge is 2.54. The summed E-state index contributed by atoms with van der Waals surface area (Å²) in [5.74, 6) is 0.255. The van der Waals surface area contributed by atoms with Gasteiger partial charge in [0.2, 0.25) is 0 Å². The third kappa shape index (κ3) is 4.28. The van der Waals surface area contributed by atoms with Crippen molar-refractivity contribution in [3.05, 3.63) is 64.2 Å². The van der Waals surface area contributed by atoms with Crippen LogP contribution in [0.4, 0.5) is 5.69 Å². The molecule has 144 valence electrons. The first-order valence-corrected chi connectivity index (χ1v) is 8.32.